The fourth-order valence-corrected chi connectivity index (χ4v) is 2.21. The Labute approximate surface area is 130 Å². The number of aryl methyl sites for hydroxylation is 1. The molecule has 0 aliphatic heterocycles. The molecule has 0 saturated heterocycles. The van der Waals surface area contributed by atoms with E-state index in [1.165, 1.54) is 5.56 Å². The Balaban J connectivity index is 1.56. The topological polar surface area (TPSA) is 53.2 Å². The number of anilines is 3. The van der Waals surface area contributed by atoms with E-state index in [0.717, 1.165) is 36.3 Å². The second kappa shape index (κ2) is 6.52. The Bertz CT molecular complexity index is 630. The number of hydrogen-bond acceptors (Lipinski definition) is 2. The number of carbonyl (C=O) groups is 1. The van der Waals surface area contributed by atoms with Crippen LogP contribution in [0.3, 0.4) is 0 Å². The fraction of sp³-hybridized carbons (Fsp3) is 0.278. The second-order valence-corrected chi connectivity index (χ2v) is 5.63. The van der Waals surface area contributed by atoms with Crippen molar-refractivity contribution in [3.8, 4) is 0 Å². The van der Waals surface area contributed by atoms with Crippen LogP contribution in [0.25, 0.3) is 0 Å². The minimum absolute atomic E-state index is 0.127. The van der Waals surface area contributed by atoms with Gasteiger partial charge in [-0.25, -0.2) is 4.79 Å². The van der Waals surface area contributed by atoms with Gasteiger partial charge in [-0.2, -0.15) is 0 Å². The summed E-state index contributed by atoms with van der Waals surface area (Å²) in [7, 11) is 0. The minimum Gasteiger partial charge on any atom is -0.356 e. The molecule has 2 aromatic carbocycles. The van der Waals surface area contributed by atoms with Crippen molar-refractivity contribution in [3.05, 3.63) is 54.1 Å². The van der Waals surface area contributed by atoms with Crippen molar-refractivity contribution >= 4 is 23.1 Å². The van der Waals surface area contributed by atoms with Crippen molar-refractivity contribution in [1.29, 1.82) is 0 Å². The van der Waals surface area contributed by atoms with E-state index in [1.807, 2.05) is 24.3 Å². The molecule has 3 rings (SSSR count). The molecule has 0 unspecified atom stereocenters. The third-order valence-corrected chi connectivity index (χ3v) is 3.71. The first-order valence-electron chi connectivity index (χ1n) is 7.76. The standard InChI is InChI=1S/C18H21N3O/c1-2-13-3-5-14(6-4-13)19-15-7-9-16(10-8-15)20-18(22)21-17-11-12-17/h3-10,17,19H,2,11-12H2,1H3,(H2,20,21,22). The summed E-state index contributed by atoms with van der Waals surface area (Å²) in [5.74, 6) is 0. The molecule has 4 nitrogen and oxygen atoms in total. The van der Waals surface area contributed by atoms with E-state index in [-0.39, 0.29) is 6.03 Å². The molecule has 2 amide bonds. The molecule has 4 heteroatoms. The summed E-state index contributed by atoms with van der Waals surface area (Å²) in [5, 5.41) is 9.09. The summed E-state index contributed by atoms with van der Waals surface area (Å²) in [6.45, 7) is 2.15. The molecule has 2 aromatic rings. The van der Waals surface area contributed by atoms with Crippen LogP contribution in [0.4, 0.5) is 21.9 Å². The Morgan fingerprint density at radius 3 is 2.05 bits per heavy atom. The minimum atomic E-state index is -0.127. The predicted octanol–water partition coefficient (Wildman–Crippen LogP) is 4.28. The fourth-order valence-electron chi connectivity index (χ4n) is 2.21. The molecule has 0 atom stereocenters. The molecular weight excluding hydrogens is 274 g/mol. The van der Waals surface area contributed by atoms with Crippen LogP contribution in [0.1, 0.15) is 25.3 Å². The number of urea groups is 1. The molecule has 1 aliphatic carbocycles. The van der Waals surface area contributed by atoms with Crippen molar-refractivity contribution in [1.82, 2.24) is 5.32 Å². The second-order valence-electron chi connectivity index (χ2n) is 5.63. The molecule has 1 fully saturated rings. The van der Waals surface area contributed by atoms with Crippen LogP contribution in [0.2, 0.25) is 0 Å². The molecule has 1 saturated carbocycles. The SMILES string of the molecule is CCc1ccc(Nc2ccc(NC(=O)NC3CC3)cc2)cc1. The molecule has 0 heterocycles. The third kappa shape index (κ3) is 4.01. The highest BCUT2D eigenvalue weighted by atomic mass is 16.2. The molecule has 0 bridgehead atoms. The summed E-state index contributed by atoms with van der Waals surface area (Å²) in [4.78, 5) is 11.7. The lowest BCUT2D eigenvalue weighted by atomic mass is 10.1. The van der Waals surface area contributed by atoms with Gasteiger partial charge >= 0.3 is 6.03 Å². The smallest absolute Gasteiger partial charge is 0.319 e. The lowest BCUT2D eigenvalue weighted by Gasteiger charge is -2.09. The van der Waals surface area contributed by atoms with Gasteiger partial charge in [0.15, 0.2) is 0 Å². The van der Waals surface area contributed by atoms with Gasteiger partial charge in [-0.05, 0) is 61.2 Å². The summed E-state index contributed by atoms with van der Waals surface area (Å²) in [6.07, 6.45) is 3.23. The summed E-state index contributed by atoms with van der Waals surface area (Å²) in [6, 6.07) is 16.4. The van der Waals surface area contributed by atoms with Gasteiger partial charge in [0.2, 0.25) is 0 Å². The number of nitrogens with one attached hydrogen (secondary N) is 3. The lowest BCUT2D eigenvalue weighted by molar-refractivity contribution is 0.251. The zero-order chi connectivity index (χ0) is 15.4. The zero-order valence-electron chi connectivity index (χ0n) is 12.7. The number of hydrogen-bond donors (Lipinski definition) is 3. The van der Waals surface area contributed by atoms with Crippen LogP contribution < -0.4 is 16.0 Å². The van der Waals surface area contributed by atoms with Gasteiger partial charge in [0, 0.05) is 23.1 Å². The van der Waals surface area contributed by atoms with Gasteiger partial charge < -0.3 is 16.0 Å². The summed E-state index contributed by atoms with van der Waals surface area (Å²) < 4.78 is 0. The molecule has 0 radical (unpaired) electrons. The van der Waals surface area contributed by atoms with Crippen molar-refractivity contribution in [2.45, 2.75) is 32.2 Å². The first-order chi connectivity index (χ1) is 10.7. The van der Waals surface area contributed by atoms with Gasteiger partial charge in [0.05, 0.1) is 0 Å². The Hall–Kier alpha value is -2.49. The van der Waals surface area contributed by atoms with E-state index in [0.29, 0.717) is 6.04 Å². The maximum absolute atomic E-state index is 11.7. The van der Waals surface area contributed by atoms with E-state index >= 15 is 0 Å². The molecule has 22 heavy (non-hydrogen) atoms. The van der Waals surface area contributed by atoms with E-state index < -0.39 is 0 Å². The van der Waals surface area contributed by atoms with Crippen LogP contribution in [0.15, 0.2) is 48.5 Å². The number of rotatable bonds is 5. The highest BCUT2D eigenvalue weighted by Crippen LogP contribution is 2.21. The maximum Gasteiger partial charge on any atom is 0.319 e. The summed E-state index contributed by atoms with van der Waals surface area (Å²) >= 11 is 0. The van der Waals surface area contributed by atoms with Gasteiger partial charge in [-0.3, -0.25) is 0 Å². The molecule has 1 aliphatic rings. The highest BCUT2D eigenvalue weighted by molar-refractivity contribution is 5.89. The maximum atomic E-state index is 11.7. The van der Waals surface area contributed by atoms with Gasteiger partial charge in [0.25, 0.3) is 0 Å². The third-order valence-electron chi connectivity index (χ3n) is 3.71. The number of carbonyl (C=O) groups excluding carboxylic acids is 1. The van der Waals surface area contributed by atoms with E-state index in [2.05, 4.69) is 47.1 Å². The lowest BCUT2D eigenvalue weighted by Crippen LogP contribution is -2.30. The Morgan fingerprint density at radius 2 is 1.50 bits per heavy atom. The average Bonchev–Trinajstić information content (AvgIpc) is 3.34. The summed E-state index contributed by atoms with van der Waals surface area (Å²) in [5.41, 5.74) is 4.18. The normalized spacial score (nSPS) is 13.5. The average molecular weight is 295 g/mol. The van der Waals surface area contributed by atoms with Crippen LogP contribution >= 0.6 is 0 Å². The number of amides is 2. The first kappa shape index (κ1) is 14.4. The predicted molar refractivity (Wildman–Crippen MR) is 90.7 cm³/mol. The molecule has 114 valence electrons. The van der Waals surface area contributed by atoms with Crippen LogP contribution in [-0.2, 0) is 6.42 Å². The van der Waals surface area contributed by atoms with E-state index in [4.69, 9.17) is 0 Å². The van der Waals surface area contributed by atoms with Crippen molar-refractivity contribution in [3.63, 3.8) is 0 Å². The van der Waals surface area contributed by atoms with Gasteiger partial charge in [-0.1, -0.05) is 19.1 Å². The van der Waals surface area contributed by atoms with Crippen LogP contribution in [0, 0.1) is 0 Å². The van der Waals surface area contributed by atoms with Crippen LogP contribution in [0.5, 0.6) is 0 Å². The molecule has 0 spiro atoms. The number of benzene rings is 2. The van der Waals surface area contributed by atoms with Crippen molar-refractivity contribution in [2.75, 3.05) is 10.6 Å². The van der Waals surface area contributed by atoms with E-state index in [9.17, 15) is 4.79 Å². The highest BCUT2D eigenvalue weighted by Gasteiger charge is 2.23. The van der Waals surface area contributed by atoms with E-state index in [1.54, 1.807) is 0 Å². The monoisotopic (exact) mass is 295 g/mol. The zero-order valence-corrected chi connectivity index (χ0v) is 12.7. The van der Waals surface area contributed by atoms with Crippen molar-refractivity contribution < 1.29 is 4.79 Å². The largest absolute Gasteiger partial charge is 0.356 e. The molecule has 3 N–H and O–H groups in total. The Kier molecular flexibility index (Phi) is 4.28. The van der Waals surface area contributed by atoms with Gasteiger partial charge in [-0.15, -0.1) is 0 Å². The van der Waals surface area contributed by atoms with Crippen molar-refractivity contribution in [2.24, 2.45) is 0 Å². The first-order valence-corrected chi connectivity index (χ1v) is 7.76. The van der Waals surface area contributed by atoms with Crippen LogP contribution in [-0.4, -0.2) is 12.1 Å². The van der Waals surface area contributed by atoms with Gasteiger partial charge in [0.1, 0.15) is 0 Å². The molecule has 0 aromatic heterocycles. The molecular formula is C18H21N3O. The Morgan fingerprint density at radius 1 is 0.955 bits per heavy atom. The quantitative estimate of drug-likeness (QED) is 0.771.